The maximum absolute atomic E-state index is 2.76. The molecule has 0 unspecified atom stereocenters. The van der Waals surface area contributed by atoms with Crippen LogP contribution in [-0.2, 0) is 10.8 Å². The van der Waals surface area contributed by atoms with Crippen LogP contribution in [0.15, 0.2) is 352 Å². The molecule has 0 saturated heterocycles. The molecule has 0 bridgehead atoms. The van der Waals surface area contributed by atoms with Crippen LogP contribution in [0, 0.1) is 0 Å². The van der Waals surface area contributed by atoms with Gasteiger partial charge >= 0.3 is 0 Å². The lowest BCUT2D eigenvalue weighted by Crippen LogP contribution is -2.16. The summed E-state index contributed by atoms with van der Waals surface area (Å²) in [5.74, 6) is 1.89. The van der Waals surface area contributed by atoms with E-state index in [1.54, 1.807) is 0 Å². The summed E-state index contributed by atoms with van der Waals surface area (Å²) in [4.78, 5) is 5.53. The van der Waals surface area contributed by atoms with E-state index in [9.17, 15) is 0 Å². The van der Waals surface area contributed by atoms with E-state index in [1.807, 2.05) is 0 Å². The third-order valence-corrected chi connectivity index (χ3v) is 32.0. The van der Waals surface area contributed by atoms with Crippen molar-refractivity contribution in [2.75, 3.05) is 9.80 Å². The number of benzene rings is 17. The van der Waals surface area contributed by atoms with Crippen molar-refractivity contribution in [2.24, 2.45) is 0 Å². The fraction of sp³-hybridized carbons (Fsp3) is 0.246. The molecular weight excluding hydrogens is 1650 g/mol. The second-order valence-corrected chi connectivity index (χ2v) is 42.3. The summed E-state index contributed by atoms with van der Waals surface area (Å²) in [6.07, 6.45) is 25.0. The van der Waals surface area contributed by atoms with Gasteiger partial charge in [-0.3, -0.25) is 0 Å². The van der Waals surface area contributed by atoms with E-state index >= 15 is 0 Å². The molecule has 0 radical (unpaired) electrons. The molecule has 670 valence electrons. The van der Waals surface area contributed by atoms with Gasteiger partial charge in [0.2, 0.25) is 0 Å². The number of fused-ring (bicyclic) bond motifs is 16. The molecule has 0 spiro atoms. The Hall–Kier alpha value is -13.9. The summed E-state index contributed by atoms with van der Waals surface area (Å²) in [5.41, 5.74) is 34.2. The van der Waals surface area contributed by atoms with Gasteiger partial charge in [0, 0.05) is 88.6 Å². The first kappa shape index (κ1) is 83.9. The van der Waals surface area contributed by atoms with Crippen molar-refractivity contribution in [3.63, 3.8) is 0 Å². The molecule has 4 fully saturated rings. The third-order valence-electron chi connectivity index (χ3n) is 32.0. The molecule has 25 rings (SSSR count). The first-order valence-corrected chi connectivity index (χ1v) is 51.1. The second kappa shape index (κ2) is 34.1. The highest BCUT2D eigenvalue weighted by molar-refractivity contribution is 6.30. The van der Waals surface area contributed by atoms with E-state index in [0.29, 0.717) is 23.7 Å². The average molecular weight is 1770 g/mol. The van der Waals surface area contributed by atoms with Crippen LogP contribution in [0.1, 0.15) is 227 Å². The minimum Gasteiger partial charge on any atom is -0.309 e. The van der Waals surface area contributed by atoms with E-state index in [0.717, 1.165) is 45.5 Å². The fourth-order valence-electron chi connectivity index (χ4n) is 25.8. The number of rotatable bonds is 16. The van der Waals surface area contributed by atoms with Gasteiger partial charge in [0.05, 0.1) is 55.5 Å². The SMILES string of the molecule is CC(C)(C)c1ccccc1-c1c2ccc(N(c3cc(C4CCCCC4)cc(C4CCCCC4)c3)c3cccc4c5c(ccc6c7ccccc7n(-c7ccccc7)c65)n(-c5ccccc5)c34)cc2c(-c2ccccc2C(C)(C)C)c2ccc(N(c3cc(C4CCCCC4)cc(C4CCCCC4)c3)c3cccc4c5c(ccc6c7ccccc7n(-c7ccccc7)c65)n(-c5ccccc5)c34)cc12. The Morgan fingerprint density at radius 2 is 0.507 bits per heavy atom. The number of para-hydroxylation sites is 8. The van der Waals surface area contributed by atoms with Gasteiger partial charge in [-0.2, -0.15) is 0 Å². The number of anilines is 6. The predicted octanol–water partition coefficient (Wildman–Crippen LogP) is 37.4. The number of hydrogen-bond acceptors (Lipinski definition) is 2. The molecule has 4 saturated carbocycles. The van der Waals surface area contributed by atoms with E-state index < -0.39 is 0 Å². The lowest BCUT2D eigenvalue weighted by molar-refractivity contribution is 0.435. The van der Waals surface area contributed by atoms with Gasteiger partial charge in [-0.1, -0.05) is 337 Å². The van der Waals surface area contributed by atoms with E-state index in [2.05, 4.69) is 421 Å². The summed E-state index contributed by atoms with van der Waals surface area (Å²) in [7, 11) is 0. The molecule has 0 atom stereocenters. The lowest BCUT2D eigenvalue weighted by Gasteiger charge is -2.33. The number of aromatic nitrogens is 4. The minimum atomic E-state index is -0.253. The lowest BCUT2D eigenvalue weighted by atomic mass is 9.76. The first-order valence-electron chi connectivity index (χ1n) is 51.1. The summed E-state index contributed by atoms with van der Waals surface area (Å²) < 4.78 is 10.4. The Balaban J connectivity index is 0.819. The van der Waals surface area contributed by atoms with E-state index in [4.69, 9.17) is 0 Å². The molecule has 0 amide bonds. The Bertz CT molecular complexity index is 7650. The summed E-state index contributed by atoms with van der Waals surface area (Å²) in [6, 6.07) is 138. The van der Waals surface area contributed by atoms with Gasteiger partial charge in [-0.05, 0) is 297 Å². The highest BCUT2D eigenvalue weighted by Gasteiger charge is 2.35. The van der Waals surface area contributed by atoms with Crippen LogP contribution in [0.5, 0.6) is 0 Å². The van der Waals surface area contributed by atoms with Gasteiger partial charge in [0.1, 0.15) is 0 Å². The standard InChI is InChI=1S/C130H120N6/c1-129(2,3)113-63-35-31-59-107(113)121-103-71-69-98(132(100-81-91(87-45-19-9-20-46-87)78-92(82-100)88-47-21-10-22-48-88)120-68-40-62-110-124-118(136(126(110)120)96-55-29-14-30-56-96)76-74-106-102-58-34-38-66-116(102)134(128(106)124)94-51-25-12-26-52-94)84-112(103)122(108-60-32-36-64-114(108)130(4,5)6)104-72-70-97(83-111(104)121)131(99-79-89(85-41-15-7-16-42-85)77-90(80-99)86-43-17-8-18-44-86)119-67-39-61-109-123-117(135(125(109)119)95-53-27-13-28-54-95)75-73-105-101-57-33-37-65-115(101)133(127(105)123)93-49-23-11-24-50-93/h11-14,23-40,49-88H,7-10,15-22,41-48H2,1-6H3. The normalized spacial score (nSPS) is 15.5. The van der Waals surface area contributed by atoms with Crippen molar-refractivity contribution in [1.82, 2.24) is 18.3 Å². The van der Waals surface area contributed by atoms with Gasteiger partial charge in [0.25, 0.3) is 0 Å². The molecular formula is C130H120N6. The molecule has 21 aromatic rings. The maximum Gasteiger partial charge on any atom is 0.0783 e. The monoisotopic (exact) mass is 1760 g/mol. The summed E-state index contributed by atoms with van der Waals surface area (Å²) >= 11 is 0. The highest BCUT2D eigenvalue weighted by Crippen LogP contribution is 2.57. The van der Waals surface area contributed by atoms with Crippen LogP contribution in [-0.4, -0.2) is 18.3 Å². The molecule has 4 aliphatic carbocycles. The van der Waals surface area contributed by atoms with E-state index in [1.165, 1.54) is 304 Å². The number of nitrogens with zero attached hydrogens (tertiary/aromatic N) is 6. The molecule has 6 heteroatoms. The van der Waals surface area contributed by atoms with Crippen LogP contribution in [0.25, 0.3) is 154 Å². The molecule has 6 nitrogen and oxygen atoms in total. The Morgan fingerprint density at radius 1 is 0.213 bits per heavy atom. The van der Waals surface area contributed by atoms with Gasteiger partial charge < -0.3 is 28.1 Å². The first-order chi connectivity index (χ1) is 66.8. The zero-order valence-corrected chi connectivity index (χ0v) is 79.6. The molecule has 0 N–H and O–H groups in total. The minimum absolute atomic E-state index is 0.253. The quantitative estimate of drug-likeness (QED) is 0.0901. The fourth-order valence-corrected chi connectivity index (χ4v) is 25.8. The van der Waals surface area contributed by atoms with Crippen LogP contribution in [0.2, 0.25) is 0 Å². The van der Waals surface area contributed by atoms with Crippen molar-refractivity contribution >= 4 is 143 Å². The van der Waals surface area contributed by atoms with Crippen LogP contribution >= 0.6 is 0 Å². The Morgan fingerprint density at radius 3 is 0.846 bits per heavy atom. The van der Waals surface area contributed by atoms with Crippen LogP contribution in [0.4, 0.5) is 34.1 Å². The smallest absolute Gasteiger partial charge is 0.0783 e. The largest absolute Gasteiger partial charge is 0.309 e. The van der Waals surface area contributed by atoms with Crippen molar-refractivity contribution in [3.05, 3.63) is 385 Å². The van der Waals surface area contributed by atoms with Crippen molar-refractivity contribution in [1.29, 1.82) is 0 Å². The van der Waals surface area contributed by atoms with Crippen molar-refractivity contribution in [3.8, 4) is 45.0 Å². The summed E-state index contributed by atoms with van der Waals surface area (Å²) in [6.45, 7) is 14.6. The van der Waals surface area contributed by atoms with Crippen molar-refractivity contribution in [2.45, 2.75) is 204 Å². The van der Waals surface area contributed by atoms with Crippen LogP contribution < -0.4 is 9.80 Å². The van der Waals surface area contributed by atoms with Crippen LogP contribution in [0.3, 0.4) is 0 Å². The highest BCUT2D eigenvalue weighted by atomic mass is 15.2. The molecule has 4 aromatic heterocycles. The molecule has 0 aliphatic heterocycles. The molecule has 4 heterocycles. The zero-order chi connectivity index (χ0) is 91.0. The average Bonchev–Trinajstić information content (AvgIpc) is 1.51. The topological polar surface area (TPSA) is 26.2 Å². The zero-order valence-electron chi connectivity index (χ0n) is 79.6. The van der Waals surface area contributed by atoms with E-state index in [-0.39, 0.29) is 10.8 Å². The predicted molar refractivity (Wildman–Crippen MR) is 580 cm³/mol. The Labute approximate surface area is 800 Å². The molecule has 17 aromatic carbocycles. The van der Waals surface area contributed by atoms with Gasteiger partial charge in [-0.15, -0.1) is 0 Å². The second-order valence-electron chi connectivity index (χ2n) is 42.3. The Kier molecular flexibility index (Phi) is 21.1. The third kappa shape index (κ3) is 14.2. The van der Waals surface area contributed by atoms with Gasteiger partial charge in [0.15, 0.2) is 0 Å². The maximum atomic E-state index is 2.76. The summed E-state index contributed by atoms with van der Waals surface area (Å²) in [5, 5.41) is 14.8. The molecule has 4 aliphatic rings. The molecule has 136 heavy (non-hydrogen) atoms. The number of hydrogen-bond donors (Lipinski definition) is 0. The van der Waals surface area contributed by atoms with Gasteiger partial charge in [-0.25, -0.2) is 0 Å². The van der Waals surface area contributed by atoms with Crippen molar-refractivity contribution < 1.29 is 0 Å².